The SMILES string of the molecule is O=C(C[C@H](NCCNCc1ccccc1)C(=O)O)Nc1ccc(Cl)cc1. The van der Waals surface area contributed by atoms with Crippen molar-refractivity contribution in [2.24, 2.45) is 0 Å². The molecule has 0 radical (unpaired) electrons. The molecule has 0 aromatic heterocycles. The van der Waals surface area contributed by atoms with Gasteiger partial charge in [0, 0.05) is 30.3 Å². The molecular formula is C19H22ClN3O3. The molecule has 0 aliphatic rings. The van der Waals surface area contributed by atoms with E-state index in [4.69, 9.17) is 11.6 Å². The van der Waals surface area contributed by atoms with Gasteiger partial charge in [-0.15, -0.1) is 0 Å². The van der Waals surface area contributed by atoms with E-state index in [1.54, 1.807) is 24.3 Å². The lowest BCUT2D eigenvalue weighted by molar-refractivity contribution is -0.141. The van der Waals surface area contributed by atoms with Gasteiger partial charge in [-0.1, -0.05) is 41.9 Å². The van der Waals surface area contributed by atoms with Gasteiger partial charge in [-0.3, -0.25) is 9.59 Å². The Morgan fingerprint density at radius 1 is 1.00 bits per heavy atom. The van der Waals surface area contributed by atoms with Crippen LogP contribution in [-0.2, 0) is 16.1 Å². The summed E-state index contributed by atoms with van der Waals surface area (Å²) in [5.74, 6) is -1.43. The van der Waals surface area contributed by atoms with Gasteiger partial charge < -0.3 is 21.1 Å². The minimum absolute atomic E-state index is 0.156. The van der Waals surface area contributed by atoms with Crippen LogP contribution in [0.3, 0.4) is 0 Å². The van der Waals surface area contributed by atoms with Gasteiger partial charge in [0.2, 0.25) is 5.91 Å². The summed E-state index contributed by atoms with van der Waals surface area (Å²) >= 11 is 5.79. The van der Waals surface area contributed by atoms with Crippen LogP contribution >= 0.6 is 11.6 Å². The van der Waals surface area contributed by atoms with E-state index >= 15 is 0 Å². The van der Waals surface area contributed by atoms with E-state index in [2.05, 4.69) is 16.0 Å². The molecular weight excluding hydrogens is 354 g/mol. The summed E-state index contributed by atoms with van der Waals surface area (Å²) in [6, 6.07) is 15.6. The highest BCUT2D eigenvalue weighted by Crippen LogP contribution is 2.13. The van der Waals surface area contributed by atoms with E-state index in [1.807, 2.05) is 30.3 Å². The van der Waals surface area contributed by atoms with Gasteiger partial charge in [-0.05, 0) is 29.8 Å². The summed E-state index contributed by atoms with van der Waals surface area (Å²) in [7, 11) is 0. The maximum Gasteiger partial charge on any atom is 0.321 e. The predicted molar refractivity (Wildman–Crippen MR) is 102 cm³/mol. The first kappa shape index (κ1) is 19.9. The molecule has 0 spiro atoms. The van der Waals surface area contributed by atoms with E-state index < -0.39 is 12.0 Å². The van der Waals surface area contributed by atoms with Gasteiger partial charge in [0.1, 0.15) is 6.04 Å². The molecule has 2 rings (SSSR count). The van der Waals surface area contributed by atoms with Crippen molar-refractivity contribution >= 4 is 29.2 Å². The molecule has 0 saturated carbocycles. The molecule has 26 heavy (non-hydrogen) atoms. The van der Waals surface area contributed by atoms with Gasteiger partial charge >= 0.3 is 5.97 Å². The van der Waals surface area contributed by atoms with Crippen molar-refractivity contribution < 1.29 is 14.7 Å². The number of carbonyl (C=O) groups is 2. The third kappa shape index (κ3) is 7.23. The Kier molecular flexibility index (Phi) is 8.08. The Hall–Kier alpha value is -2.41. The van der Waals surface area contributed by atoms with E-state index in [-0.39, 0.29) is 12.3 Å². The summed E-state index contributed by atoms with van der Waals surface area (Å²) in [6.07, 6.45) is -0.156. The number of halogens is 1. The summed E-state index contributed by atoms with van der Waals surface area (Å²) < 4.78 is 0. The van der Waals surface area contributed by atoms with Crippen molar-refractivity contribution in [2.75, 3.05) is 18.4 Å². The molecule has 0 unspecified atom stereocenters. The Bertz CT molecular complexity index is 708. The van der Waals surface area contributed by atoms with Gasteiger partial charge in [-0.2, -0.15) is 0 Å². The molecule has 0 fully saturated rings. The number of hydrogen-bond acceptors (Lipinski definition) is 4. The number of amides is 1. The highest BCUT2D eigenvalue weighted by Gasteiger charge is 2.20. The number of carboxylic acid groups (broad SMARTS) is 1. The van der Waals surface area contributed by atoms with Gasteiger partial charge in [0.05, 0.1) is 6.42 Å². The zero-order valence-electron chi connectivity index (χ0n) is 14.2. The standard InChI is InChI=1S/C19H22ClN3O3/c20-15-6-8-16(9-7-15)23-18(24)12-17(19(25)26)22-11-10-21-13-14-4-2-1-3-5-14/h1-9,17,21-22H,10-13H2,(H,23,24)(H,25,26)/t17-/m0/s1. The Balaban J connectivity index is 1.71. The Morgan fingerprint density at radius 2 is 1.69 bits per heavy atom. The van der Waals surface area contributed by atoms with Crippen molar-refractivity contribution in [1.29, 1.82) is 0 Å². The first-order chi connectivity index (χ1) is 12.5. The van der Waals surface area contributed by atoms with Crippen LogP contribution in [0.5, 0.6) is 0 Å². The van der Waals surface area contributed by atoms with Crippen LogP contribution < -0.4 is 16.0 Å². The first-order valence-corrected chi connectivity index (χ1v) is 8.68. The van der Waals surface area contributed by atoms with Crippen LogP contribution in [0, 0.1) is 0 Å². The van der Waals surface area contributed by atoms with Gasteiger partial charge in [-0.25, -0.2) is 0 Å². The lowest BCUT2D eigenvalue weighted by atomic mass is 10.2. The monoisotopic (exact) mass is 375 g/mol. The van der Waals surface area contributed by atoms with Crippen LogP contribution in [0.15, 0.2) is 54.6 Å². The smallest absolute Gasteiger partial charge is 0.321 e. The van der Waals surface area contributed by atoms with Crippen molar-refractivity contribution in [1.82, 2.24) is 10.6 Å². The number of anilines is 1. The number of rotatable bonds is 10. The predicted octanol–water partition coefficient (Wildman–Crippen LogP) is 2.50. The lowest BCUT2D eigenvalue weighted by Crippen LogP contribution is -2.42. The zero-order valence-corrected chi connectivity index (χ0v) is 15.0. The topological polar surface area (TPSA) is 90.5 Å². The highest BCUT2D eigenvalue weighted by molar-refractivity contribution is 6.30. The molecule has 0 saturated heterocycles. The molecule has 6 nitrogen and oxygen atoms in total. The second kappa shape index (κ2) is 10.6. The maximum absolute atomic E-state index is 12.0. The molecule has 4 N–H and O–H groups in total. The fourth-order valence-electron chi connectivity index (χ4n) is 2.34. The molecule has 0 heterocycles. The second-order valence-electron chi connectivity index (χ2n) is 5.77. The average molecular weight is 376 g/mol. The van der Waals surface area contributed by atoms with Crippen LogP contribution in [0.4, 0.5) is 5.69 Å². The van der Waals surface area contributed by atoms with Gasteiger partial charge in [0.15, 0.2) is 0 Å². The third-order valence-electron chi connectivity index (χ3n) is 3.68. The van der Waals surface area contributed by atoms with E-state index in [9.17, 15) is 14.7 Å². The number of nitrogens with one attached hydrogen (secondary N) is 3. The molecule has 0 aliphatic carbocycles. The first-order valence-electron chi connectivity index (χ1n) is 8.31. The van der Waals surface area contributed by atoms with Crippen LogP contribution in [-0.4, -0.2) is 36.1 Å². The van der Waals surface area contributed by atoms with E-state index in [0.717, 1.165) is 5.56 Å². The summed E-state index contributed by atoms with van der Waals surface area (Å²) in [5, 5.41) is 18.6. The minimum Gasteiger partial charge on any atom is -0.480 e. The Labute approximate surface area is 157 Å². The fourth-order valence-corrected chi connectivity index (χ4v) is 2.47. The molecule has 1 atom stereocenters. The number of carbonyl (C=O) groups excluding carboxylic acids is 1. The van der Waals surface area contributed by atoms with Crippen LogP contribution in [0.25, 0.3) is 0 Å². The van der Waals surface area contributed by atoms with Crippen molar-refractivity contribution in [2.45, 2.75) is 19.0 Å². The highest BCUT2D eigenvalue weighted by atomic mass is 35.5. The quantitative estimate of drug-likeness (QED) is 0.479. The second-order valence-corrected chi connectivity index (χ2v) is 6.20. The molecule has 1 amide bonds. The number of benzene rings is 2. The summed E-state index contributed by atoms with van der Waals surface area (Å²) in [6.45, 7) is 1.74. The fraction of sp³-hybridized carbons (Fsp3) is 0.263. The third-order valence-corrected chi connectivity index (χ3v) is 3.93. The molecule has 2 aromatic carbocycles. The normalized spacial score (nSPS) is 11.7. The zero-order chi connectivity index (χ0) is 18.8. The van der Waals surface area contributed by atoms with Crippen LogP contribution in [0.2, 0.25) is 5.02 Å². The number of aliphatic carboxylic acids is 1. The van der Waals surface area contributed by atoms with Gasteiger partial charge in [0.25, 0.3) is 0 Å². The van der Waals surface area contributed by atoms with Crippen molar-refractivity contribution in [3.63, 3.8) is 0 Å². The van der Waals surface area contributed by atoms with E-state index in [1.165, 1.54) is 0 Å². The summed E-state index contributed by atoms with van der Waals surface area (Å²) in [5.41, 5.74) is 1.73. The molecule has 0 bridgehead atoms. The lowest BCUT2D eigenvalue weighted by Gasteiger charge is -2.15. The summed E-state index contributed by atoms with van der Waals surface area (Å²) in [4.78, 5) is 23.4. The number of carboxylic acids is 1. The van der Waals surface area contributed by atoms with Crippen LogP contribution in [0.1, 0.15) is 12.0 Å². The number of hydrogen-bond donors (Lipinski definition) is 4. The van der Waals surface area contributed by atoms with E-state index in [0.29, 0.717) is 30.3 Å². The molecule has 7 heteroatoms. The maximum atomic E-state index is 12.0. The van der Waals surface area contributed by atoms with Crippen molar-refractivity contribution in [3.05, 3.63) is 65.2 Å². The molecule has 138 valence electrons. The largest absolute Gasteiger partial charge is 0.480 e. The Morgan fingerprint density at radius 3 is 2.35 bits per heavy atom. The van der Waals surface area contributed by atoms with Crippen molar-refractivity contribution in [3.8, 4) is 0 Å². The molecule has 0 aliphatic heterocycles. The average Bonchev–Trinajstić information content (AvgIpc) is 2.63. The minimum atomic E-state index is -1.06. The molecule has 2 aromatic rings.